The minimum absolute atomic E-state index is 0.133. The van der Waals surface area contributed by atoms with Gasteiger partial charge in [0.05, 0.1) is 0 Å². The molecule has 0 aliphatic rings. The minimum atomic E-state index is -1.06. The van der Waals surface area contributed by atoms with Crippen LogP contribution in [-0.2, 0) is 4.79 Å². The summed E-state index contributed by atoms with van der Waals surface area (Å²) in [5.41, 5.74) is 1.17. The lowest BCUT2D eigenvalue weighted by molar-refractivity contribution is -0.144. The summed E-state index contributed by atoms with van der Waals surface area (Å²) >= 11 is 0. The molecule has 0 amide bonds. The highest BCUT2D eigenvalue weighted by Crippen LogP contribution is 2.16. The first kappa shape index (κ1) is 16.3. The molecule has 1 atom stereocenters. The van der Waals surface area contributed by atoms with Crippen LogP contribution in [0.4, 0.5) is 0 Å². The maximum absolute atomic E-state index is 12.1. The molecule has 0 radical (unpaired) electrons. The zero-order chi connectivity index (χ0) is 16.8. The number of ketones is 1. The number of carbonyl (C=O) groups excluding carboxylic acids is 1. The van der Waals surface area contributed by atoms with Crippen molar-refractivity contribution < 1.29 is 24.5 Å². The van der Waals surface area contributed by atoms with Crippen molar-refractivity contribution in [1.82, 2.24) is 0 Å². The summed E-state index contributed by atoms with van der Waals surface area (Å²) < 4.78 is 5.20. The van der Waals surface area contributed by atoms with Crippen LogP contribution in [0.5, 0.6) is 11.5 Å². The zero-order valence-electron chi connectivity index (χ0n) is 12.5. The van der Waals surface area contributed by atoms with Gasteiger partial charge in [0, 0.05) is 5.56 Å². The molecule has 0 aromatic heterocycles. The highest BCUT2D eigenvalue weighted by molar-refractivity contribution is 6.06. The molecular weight excluding hydrogens is 296 g/mol. The van der Waals surface area contributed by atoms with Crippen LogP contribution in [0, 0.1) is 0 Å². The molecule has 2 N–H and O–H groups in total. The number of aliphatic carboxylic acids is 1. The quantitative estimate of drug-likeness (QED) is 0.632. The fourth-order valence-electron chi connectivity index (χ4n) is 1.85. The van der Waals surface area contributed by atoms with Crippen molar-refractivity contribution in [2.75, 3.05) is 0 Å². The Morgan fingerprint density at radius 3 is 2.43 bits per heavy atom. The molecule has 2 aromatic rings. The molecule has 0 spiro atoms. The highest BCUT2D eigenvalue weighted by Gasteiger charge is 2.12. The fourth-order valence-corrected chi connectivity index (χ4v) is 1.85. The van der Waals surface area contributed by atoms with Gasteiger partial charge in [-0.05, 0) is 55.0 Å². The first-order chi connectivity index (χ1) is 11.0. The third-order valence-corrected chi connectivity index (χ3v) is 3.10. The van der Waals surface area contributed by atoms with Crippen molar-refractivity contribution in [3.63, 3.8) is 0 Å². The monoisotopic (exact) mass is 312 g/mol. The summed E-state index contributed by atoms with van der Waals surface area (Å²) in [5.74, 6) is -0.743. The van der Waals surface area contributed by atoms with Crippen LogP contribution in [-0.4, -0.2) is 28.1 Å². The second kappa shape index (κ2) is 7.26. The molecule has 5 heteroatoms. The second-order valence-corrected chi connectivity index (χ2v) is 4.92. The van der Waals surface area contributed by atoms with Crippen LogP contribution in [0.2, 0.25) is 0 Å². The van der Waals surface area contributed by atoms with Gasteiger partial charge in [-0.2, -0.15) is 0 Å². The van der Waals surface area contributed by atoms with E-state index in [0.717, 1.165) is 0 Å². The number of carboxylic acids is 1. The van der Waals surface area contributed by atoms with E-state index >= 15 is 0 Å². The number of aromatic hydroxyl groups is 1. The number of phenols is 1. The van der Waals surface area contributed by atoms with Gasteiger partial charge in [0.2, 0.25) is 0 Å². The van der Waals surface area contributed by atoms with E-state index in [2.05, 4.69) is 0 Å². The van der Waals surface area contributed by atoms with Crippen LogP contribution in [0.15, 0.2) is 54.6 Å². The van der Waals surface area contributed by atoms with Gasteiger partial charge in [-0.1, -0.05) is 18.2 Å². The molecule has 2 aromatic carbocycles. The number of hydrogen-bond donors (Lipinski definition) is 2. The van der Waals surface area contributed by atoms with Crippen LogP contribution in [0.25, 0.3) is 6.08 Å². The molecule has 0 heterocycles. The minimum Gasteiger partial charge on any atom is -0.508 e. The SMILES string of the molecule is CC(Oc1ccc(C(=O)C=Cc2cccc(O)c2)cc1)C(=O)O. The van der Waals surface area contributed by atoms with E-state index in [4.69, 9.17) is 9.84 Å². The van der Waals surface area contributed by atoms with Gasteiger partial charge >= 0.3 is 5.97 Å². The molecule has 0 fully saturated rings. The number of rotatable bonds is 6. The Labute approximate surface area is 133 Å². The second-order valence-electron chi connectivity index (χ2n) is 4.92. The lowest BCUT2D eigenvalue weighted by atomic mass is 10.1. The van der Waals surface area contributed by atoms with E-state index in [1.54, 1.807) is 54.6 Å². The summed E-state index contributed by atoms with van der Waals surface area (Å²) in [7, 11) is 0. The average molecular weight is 312 g/mol. The molecule has 0 saturated heterocycles. The lowest BCUT2D eigenvalue weighted by Crippen LogP contribution is -2.22. The van der Waals surface area contributed by atoms with Gasteiger partial charge in [-0.3, -0.25) is 4.79 Å². The predicted molar refractivity (Wildman–Crippen MR) is 85.6 cm³/mol. The molecule has 2 rings (SSSR count). The normalized spacial score (nSPS) is 12.0. The van der Waals surface area contributed by atoms with Crippen molar-refractivity contribution in [2.24, 2.45) is 0 Å². The number of phenolic OH excluding ortho intramolecular Hbond substituents is 1. The first-order valence-electron chi connectivity index (χ1n) is 6.96. The Morgan fingerprint density at radius 2 is 1.83 bits per heavy atom. The molecule has 0 aliphatic carbocycles. The van der Waals surface area contributed by atoms with Crippen molar-refractivity contribution in [3.05, 3.63) is 65.7 Å². The number of carbonyl (C=O) groups is 2. The summed E-state index contributed by atoms with van der Waals surface area (Å²) in [4.78, 5) is 22.8. The predicted octanol–water partition coefficient (Wildman–Crippen LogP) is 3.14. The molecule has 0 bridgehead atoms. The van der Waals surface area contributed by atoms with Gasteiger partial charge in [-0.15, -0.1) is 0 Å². The average Bonchev–Trinajstić information content (AvgIpc) is 2.53. The third-order valence-electron chi connectivity index (χ3n) is 3.10. The Kier molecular flexibility index (Phi) is 5.15. The van der Waals surface area contributed by atoms with Crippen molar-refractivity contribution in [2.45, 2.75) is 13.0 Å². The van der Waals surface area contributed by atoms with Crippen molar-refractivity contribution in [1.29, 1.82) is 0 Å². The molecule has 5 nitrogen and oxygen atoms in total. The molecule has 0 saturated carbocycles. The van der Waals surface area contributed by atoms with Gasteiger partial charge in [0.1, 0.15) is 11.5 Å². The fraction of sp³-hybridized carbons (Fsp3) is 0.111. The number of carboxylic acid groups (broad SMARTS) is 1. The Bertz CT molecular complexity index is 731. The summed E-state index contributed by atoms with van der Waals surface area (Å²) in [6.45, 7) is 1.43. The Morgan fingerprint density at radius 1 is 1.13 bits per heavy atom. The van der Waals surface area contributed by atoms with Gasteiger partial charge < -0.3 is 14.9 Å². The molecule has 1 unspecified atom stereocenters. The number of allylic oxidation sites excluding steroid dienone is 1. The van der Waals surface area contributed by atoms with Gasteiger partial charge in [-0.25, -0.2) is 4.79 Å². The van der Waals surface area contributed by atoms with E-state index in [1.165, 1.54) is 13.0 Å². The largest absolute Gasteiger partial charge is 0.508 e. The van der Waals surface area contributed by atoms with E-state index < -0.39 is 12.1 Å². The third kappa shape index (κ3) is 4.71. The number of benzene rings is 2. The van der Waals surface area contributed by atoms with Gasteiger partial charge in [0.15, 0.2) is 11.9 Å². The summed E-state index contributed by atoms with van der Waals surface area (Å²) in [6, 6.07) is 12.8. The van der Waals surface area contributed by atoms with E-state index in [1.807, 2.05) is 0 Å². The highest BCUT2D eigenvalue weighted by atomic mass is 16.5. The van der Waals surface area contributed by atoms with Crippen LogP contribution >= 0.6 is 0 Å². The summed E-state index contributed by atoms with van der Waals surface area (Å²) in [5, 5.41) is 18.1. The zero-order valence-corrected chi connectivity index (χ0v) is 12.5. The molecule has 0 aliphatic heterocycles. The maximum atomic E-state index is 12.1. The molecular formula is C18H16O5. The van der Waals surface area contributed by atoms with E-state index in [-0.39, 0.29) is 11.5 Å². The first-order valence-corrected chi connectivity index (χ1v) is 6.96. The lowest BCUT2D eigenvalue weighted by Gasteiger charge is -2.10. The van der Waals surface area contributed by atoms with E-state index in [0.29, 0.717) is 16.9 Å². The van der Waals surface area contributed by atoms with Crippen LogP contribution < -0.4 is 4.74 Å². The topological polar surface area (TPSA) is 83.8 Å². The van der Waals surface area contributed by atoms with E-state index in [9.17, 15) is 14.7 Å². The molecule has 23 heavy (non-hydrogen) atoms. The summed E-state index contributed by atoms with van der Waals surface area (Å²) in [6.07, 6.45) is 2.06. The van der Waals surface area contributed by atoms with Crippen LogP contribution in [0.3, 0.4) is 0 Å². The Balaban J connectivity index is 2.04. The van der Waals surface area contributed by atoms with Crippen LogP contribution in [0.1, 0.15) is 22.8 Å². The number of ether oxygens (including phenoxy) is 1. The Hall–Kier alpha value is -3.08. The standard InChI is InChI=1S/C18H16O5/c1-12(18(21)22)23-16-8-6-14(7-9-16)17(20)10-5-13-3-2-4-15(19)11-13/h2-12,19H,1H3,(H,21,22). The maximum Gasteiger partial charge on any atom is 0.344 e. The smallest absolute Gasteiger partial charge is 0.344 e. The number of hydrogen-bond acceptors (Lipinski definition) is 4. The van der Waals surface area contributed by atoms with Gasteiger partial charge in [0.25, 0.3) is 0 Å². The van der Waals surface area contributed by atoms with Crippen molar-refractivity contribution >= 4 is 17.8 Å². The molecule has 118 valence electrons. The van der Waals surface area contributed by atoms with Crippen molar-refractivity contribution in [3.8, 4) is 11.5 Å².